The van der Waals surface area contributed by atoms with Crippen LogP contribution in [-0.2, 0) is 0 Å². The molecule has 0 aliphatic heterocycles. The van der Waals surface area contributed by atoms with Gasteiger partial charge in [-0.25, -0.2) is 4.98 Å². The number of nitrogens with zero attached hydrogens (tertiary/aromatic N) is 2. The van der Waals surface area contributed by atoms with Gasteiger partial charge in [-0.3, -0.25) is 4.79 Å². The second-order valence-corrected chi connectivity index (χ2v) is 5.66. The molecule has 0 fully saturated rings. The van der Waals surface area contributed by atoms with Gasteiger partial charge in [0.2, 0.25) is 0 Å². The molecule has 4 nitrogen and oxygen atoms in total. The summed E-state index contributed by atoms with van der Waals surface area (Å²) in [4.78, 5) is 19.1. The van der Waals surface area contributed by atoms with Crippen LogP contribution in [0, 0.1) is 6.92 Å². The molecule has 0 unspecified atom stereocenters. The Morgan fingerprint density at radius 2 is 1.78 bits per heavy atom. The number of pyridine rings is 1. The van der Waals surface area contributed by atoms with E-state index in [9.17, 15) is 4.79 Å². The molecule has 0 radical (unpaired) electrons. The number of carbonyl (C=O) groups is 1. The van der Waals surface area contributed by atoms with E-state index in [1.165, 1.54) is 0 Å². The van der Waals surface area contributed by atoms with Crippen molar-refractivity contribution in [3.63, 3.8) is 0 Å². The molecule has 1 amide bonds. The Labute approximate surface area is 138 Å². The van der Waals surface area contributed by atoms with Crippen molar-refractivity contribution in [2.75, 3.05) is 23.3 Å². The molecule has 0 aliphatic rings. The van der Waals surface area contributed by atoms with Crippen molar-refractivity contribution in [1.29, 1.82) is 0 Å². The Morgan fingerprint density at radius 1 is 1.09 bits per heavy atom. The first-order chi connectivity index (χ1) is 11.2. The molecule has 122 valence electrons. The summed E-state index contributed by atoms with van der Waals surface area (Å²) in [5, 5.41) is 2.91. The fourth-order valence-electron chi connectivity index (χ4n) is 2.55. The first kappa shape index (κ1) is 17.0. The smallest absolute Gasteiger partial charge is 0.255 e. The van der Waals surface area contributed by atoms with Crippen molar-refractivity contribution in [3.05, 3.63) is 53.7 Å². The van der Waals surface area contributed by atoms with E-state index in [1.54, 1.807) is 6.20 Å². The zero-order chi connectivity index (χ0) is 16.7. The predicted molar refractivity (Wildman–Crippen MR) is 96.2 cm³/mol. The summed E-state index contributed by atoms with van der Waals surface area (Å²) in [6.45, 7) is 8.26. The molecule has 0 saturated carbocycles. The lowest BCUT2D eigenvalue weighted by Gasteiger charge is -2.22. The number of anilines is 2. The third-order valence-corrected chi connectivity index (χ3v) is 3.71. The second-order valence-electron chi connectivity index (χ2n) is 5.66. The summed E-state index contributed by atoms with van der Waals surface area (Å²) in [5.74, 6) is 0.860. The Kier molecular flexibility index (Phi) is 6.15. The maximum atomic E-state index is 12.3. The first-order valence-electron chi connectivity index (χ1n) is 8.23. The van der Waals surface area contributed by atoms with E-state index in [2.05, 4.69) is 29.0 Å². The van der Waals surface area contributed by atoms with E-state index < -0.39 is 0 Å². The first-order valence-corrected chi connectivity index (χ1v) is 8.23. The minimum Gasteiger partial charge on any atom is -0.357 e. The van der Waals surface area contributed by atoms with Gasteiger partial charge < -0.3 is 10.2 Å². The van der Waals surface area contributed by atoms with Gasteiger partial charge in [0, 0.05) is 18.7 Å². The number of hydrogen-bond donors (Lipinski definition) is 1. The van der Waals surface area contributed by atoms with E-state index in [4.69, 9.17) is 0 Å². The highest BCUT2D eigenvalue weighted by atomic mass is 16.1. The number of amides is 1. The number of hydrogen-bond acceptors (Lipinski definition) is 3. The Hall–Kier alpha value is -2.36. The van der Waals surface area contributed by atoms with Crippen molar-refractivity contribution in [3.8, 4) is 0 Å². The molecule has 0 saturated heterocycles. The zero-order valence-corrected chi connectivity index (χ0v) is 14.2. The quantitative estimate of drug-likeness (QED) is 0.830. The van der Waals surface area contributed by atoms with Crippen LogP contribution in [0.1, 0.15) is 42.6 Å². The predicted octanol–water partition coefficient (Wildman–Crippen LogP) is 4.27. The molecule has 0 spiro atoms. The van der Waals surface area contributed by atoms with Crippen LogP contribution in [0.25, 0.3) is 0 Å². The number of aryl methyl sites for hydroxylation is 1. The summed E-state index contributed by atoms with van der Waals surface area (Å²) in [5.41, 5.74) is 2.37. The van der Waals surface area contributed by atoms with Crippen LogP contribution in [0.2, 0.25) is 0 Å². The number of carbonyl (C=O) groups excluding carboxylic acids is 1. The monoisotopic (exact) mass is 311 g/mol. The number of benzene rings is 1. The highest BCUT2D eigenvalue weighted by molar-refractivity contribution is 6.05. The maximum absolute atomic E-state index is 12.3. The van der Waals surface area contributed by atoms with Crippen LogP contribution in [0.3, 0.4) is 0 Å². The summed E-state index contributed by atoms with van der Waals surface area (Å²) in [7, 11) is 0. The highest BCUT2D eigenvalue weighted by Crippen LogP contribution is 2.16. The van der Waals surface area contributed by atoms with E-state index in [1.807, 2.05) is 43.3 Å². The molecular formula is C19H25N3O. The zero-order valence-electron chi connectivity index (χ0n) is 14.2. The number of aromatic nitrogens is 1. The normalized spacial score (nSPS) is 10.4. The van der Waals surface area contributed by atoms with Crippen LogP contribution in [-0.4, -0.2) is 24.0 Å². The Balaban J connectivity index is 2.07. The van der Waals surface area contributed by atoms with Gasteiger partial charge in [-0.2, -0.15) is 0 Å². The molecule has 0 atom stereocenters. The standard InChI is InChI=1S/C19H25N3O/c1-4-12-22(13-5-2)18-11-10-16(14-20-18)21-19(23)17-9-7-6-8-15(17)3/h6-11,14H,4-5,12-13H2,1-3H3,(H,21,23). The molecule has 1 aromatic heterocycles. The summed E-state index contributed by atoms with van der Waals surface area (Å²) >= 11 is 0. The largest absolute Gasteiger partial charge is 0.357 e. The molecule has 0 bridgehead atoms. The fraction of sp³-hybridized carbons (Fsp3) is 0.368. The molecule has 23 heavy (non-hydrogen) atoms. The minimum atomic E-state index is -0.100. The third-order valence-electron chi connectivity index (χ3n) is 3.71. The second kappa shape index (κ2) is 8.32. The lowest BCUT2D eigenvalue weighted by Crippen LogP contribution is -2.25. The average molecular weight is 311 g/mol. The third kappa shape index (κ3) is 4.55. The Bertz CT molecular complexity index is 631. The van der Waals surface area contributed by atoms with E-state index in [0.29, 0.717) is 5.56 Å². The molecular weight excluding hydrogens is 286 g/mol. The Morgan fingerprint density at radius 3 is 2.35 bits per heavy atom. The maximum Gasteiger partial charge on any atom is 0.255 e. The topological polar surface area (TPSA) is 45.2 Å². The van der Waals surface area contributed by atoms with Crippen molar-refractivity contribution in [2.45, 2.75) is 33.6 Å². The van der Waals surface area contributed by atoms with E-state index in [-0.39, 0.29) is 5.91 Å². The summed E-state index contributed by atoms with van der Waals surface area (Å²) < 4.78 is 0. The molecule has 1 heterocycles. The van der Waals surface area contributed by atoms with Crippen LogP contribution in [0.15, 0.2) is 42.6 Å². The highest BCUT2D eigenvalue weighted by Gasteiger charge is 2.10. The number of rotatable bonds is 7. The lowest BCUT2D eigenvalue weighted by atomic mass is 10.1. The van der Waals surface area contributed by atoms with Gasteiger partial charge in [-0.05, 0) is 43.5 Å². The van der Waals surface area contributed by atoms with E-state index >= 15 is 0 Å². The molecule has 4 heteroatoms. The van der Waals surface area contributed by atoms with Crippen LogP contribution in [0.4, 0.5) is 11.5 Å². The molecule has 0 aliphatic carbocycles. The SMILES string of the molecule is CCCN(CCC)c1ccc(NC(=O)c2ccccc2C)cn1. The van der Waals surface area contributed by atoms with Crippen molar-refractivity contribution in [2.24, 2.45) is 0 Å². The van der Waals surface area contributed by atoms with Gasteiger partial charge in [0.1, 0.15) is 5.82 Å². The lowest BCUT2D eigenvalue weighted by molar-refractivity contribution is 0.102. The van der Waals surface area contributed by atoms with Gasteiger partial charge in [0.25, 0.3) is 5.91 Å². The molecule has 2 aromatic rings. The van der Waals surface area contributed by atoms with Gasteiger partial charge >= 0.3 is 0 Å². The molecule has 2 rings (SSSR count). The summed E-state index contributed by atoms with van der Waals surface area (Å²) in [6.07, 6.45) is 3.91. The van der Waals surface area contributed by atoms with Gasteiger partial charge in [-0.1, -0.05) is 32.0 Å². The van der Waals surface area contributed by atoms with Gasteiger partial charge in [0.05, 0.1) is 11.9 Å². The fourth-order valence-corrected chi connectivity index (χ4v) is 2.55. The average Bonchev–Trinajstić information content (AvgIpc) is 2.56. The number of nitrogens with one attached hydrogen (secondary N) is 1. The van der Waals surface area contributed by atoms with Crippen molar-refractivity contribution in [1.82, 2.24) is 4.98 Å². The summed E-state index contributed by atoms with van der Waals surface area (Å²) in [6, 6.07) is 11.4. The minimum absolute atomic E-state index is 0.100. The van der Waals surface area contributed by atoms with Gasteiger partial charge in [0.15, 0.2) is 0 Å². The van der Waals surface area contributed by atoms with Crippen LogP contribution >= 0.6 is 0 Å². The van der Waals surface area contributed by atoms with Crippen molar-refractivity contribution >= 4 is 17.4 Å². The van der Waals surface area contributed by atoms with E-state index in [0.717, 1.165) is 43.0 Å². The molecule has 1 aromatic carbocycles. The van der Waals surface area contributed by atoms with Crippen molar-refractivity contribution < 1.29 is 4.79 Å². The van der Waals surface area contributed by atoms with Crippen LogP contribution < -0.4 is 10.2 Å². The van der Waals surface area contributed by atoms with Gasteiger partial charge in [-0.15, -0.1) is 0 Å². The van der Waals surface area contributed by atoms with Crippen LogP contribution in [0.5, 0.6) is 0 Å². The molecule has 1 N–H and O–H groups in total.